The number of carbonyl (C=O) groups excluding carboxylic acids is 1. The van der Waals surface area contributed by atoms with E-state index in [0.29, 0.717) is 30.8 Å². The zero-order valence-electron chi connectivity index (χ0n) is 16.5. The normalized spacial score (nSPS) is 17.6. The lowest BCUT2D eigenvalue weighted by Crippen LogP contribution is -2.36. The van der Waals surface area contributed by atoms with Crippen LogP contribution in [0.4, 0.5) is 0 Å². The summed E-state index contributed by atoms with van der Waals surface area (Å²) in [5, 5.41) is 9.74. The van der Waals surface area contributed by atoms with E-state index in [1.807, 2.05) is 42.5 Å². The van der Waals surface area contributed by atoms with E-state index in [4.69, 9.17) is 10.5 Å². The van der Waals surface area contributed by atoms with Gasteiger partial charge in [0, 0.05) is 53.1 Å². The molecular formula is C22H24N4O3S. The summed E-state index contributed by atoms with van der Waals surface area (Å²) in [5.74, 6) is -0.0927. The molecular weight excluding hydrogens is 400 g/mol. The van der Waals surface area contributed by atoms with E-state index in [2.05, 4.69) is 9.38 Å². The maximum absolute atomic E-state index is 12.9. The summed E-state index contributed by atoms with van der Waals surface area (Å²) < 4.78 is 10.0. The third-order valence-electron chi connectivity index (χ3n) is 5.02. The largest absolute Gasteiger partial charge is 0.474 e. The molecule has 1 atom stereocenters. The number of nitrogens with two attached hydrogens (primary N) is 1. The molecule has 0 bridgehead atoms. The summed E-state index contributed by atoms with van der Waals surface area (Å²) in [5.41, 5.74) is 8.35. The van der Waals surface area contributed by atoms with Crippen LogP contribution in [0.15, 0.2) is 69.2 Å². The van der Waals surface area contributed by atoms with Crippen molar-refractivity contribution in [2.75, 3.05) is 19.7 Å². The van der Waals surface area contributed by atoms with Crippen molar-refractivity contribution < 1.29 is 14.6 Å². The van der Waals surface area contributed by atoms with E-state index < -0.39 is 5.92 Å². The summed E-state index contributed by atoms with van der Waals surface area (Å²) in [7, 11) is 0. The number of hydrogen-bond acceptors (Lipinski definition) is 7. The molecule has 1 fully saturated rings. The highest BCUT2D eigenvalue weighted by Crippen LogP contribution is 2.27. The van der Waals surface area contributed by atoms with Gasteiger partial charge in [-0.05, 0) is 24.5 Å². The number of benzene rings is 1. The number of aliphatic hydroxyl groups is 1. The zero-order valence-corrected chi connectivity index (χ0v) is 17.3. The van der Waals surface area contributed by atoms with Crippen molar-refractivity contribution in [3.05, 3.63) is 65.5 Å². The Hall–Kier alpha value is -2.84. The highest BCUT2D eigenvalue weighted by molar-refractivity contribution is 7.98. The molecule has 1 aromatic carbocycles. The Morgan fingerprint density at radius 2 is 2.10 bits per heavy atom. The number of ether oxygens (including phenoxy) is 1. The van der Waals surface area contributed by atoms with E-state index in [-0.39, 0.29) is 12.5 Å². The maximum atomic E-state index is 12.9. The number of hydrogen-bond donors (Lipinski definition) is 2. The van der Waals surface area contributed by atoms with Crippen LogP contribution in [0.2, 0.25) is 0 Å². The van der Waals surface area contributed by atoms with Gasteiger partial charge < -0.3 is 20.5 Å². The first-order chi connectivity index (χ1) is 14.6. The van der Waals surface area contributed by atoms with Gasteiger partial charge in [0.25, 0.3) is 0 Å². The Labute approximate surface area is 179 Å². The van der Waals surface area contributed by atoms with Gasteiger partial charge >= 0.3 is 0 Å². The van der Waals surface area contributed by atoms with Crippen molar-refractivity contribution >= 4 is 24.1 Å². The van der Waals surface area contributed by atoms with Gasteiger partial charge in [0.1, 0.15) is 6.10 Å². The predicted molar refractivity (Wildman–Crippen MR) is 116 cm³/mol. The third-order valence-corrected chi connectivity index (χ3v) is 5.68. The molecule has 2 aliphatic rings. The molecule has 1 amide bonds. The molecule has 2 aromatic rings. The molecule has 7 nitrogen and oxygen atoms in total. The van der Waals surface area contributed by atoms with Crippen molar-refractivity contribution in [3.63, 3.8) is 0 Å². The molecule has 0 radical (unpaired) electrons. The van der Waals surface area contributed by atoms with Crippen LogP contribution in [0.25, 0.3) is 0 Å². The fourth-order valence-electron chi connectivity index (χ4n) is 3.18. The molecule has 2 heterocycles. The van der Waals surface area contributed by atoms with E-state index >= 15 is 0 Å². The molecule has 1 saturated carbocycles. The van der Waals surface area contributed by atoms with Crippen LogP contribution in [0.5, 0.6) is 5.88 Å². The molecule has 4 rings (SSSR count). The van der Waals surface area contributed by atoms with Crippen LogP contribution in [0.3, 0.4) is 0 Å². The van der Waals surface area contributed by atoms with Crippen LogP contribution in [-0.4, -0.2) is 52.9 Å². The number of amides is 1. The summed E-state index contributed by atoms with van der Waals surface area (Å²) in [4.78, 5) is 19.7. The van der Waals surface area contributed by atoms with Gasteiger partial charge in [-0.1, -0.05) is 30.3 Å². The Bertz CT molecular complexity index is 943. The number of aromatic nitrogens is 1. The van der Waals surface area contributed by atoms with Crippen LogP contribution >= 0.6 is 11.9 Å². The topological polar surface area (TPSA) is 101 Å². The Kier molecular flexibility index (Phi) is 6.35. The fourth-order valence-corrected chi connectivity index (χ4v) is 3.71. The maximum Gasteiger partial charge on any atom is 0.233 e. The van der Waals surface area contributed by atoms with Gasteiger partial charge in [-0.3, -0.25) is 4.79 Å². The minimum absolute atomic E-state index is 0.141. The predicted octanol–water partition coefficient (Wildman–Crippen LogP) is 2.53. The van der Waals surface area contributed by atoms with E-state index in [1.54, 1.807) is 17.3 Å². The van der Waals surface area contributed by atoms with Gasteiger partial charge in [0.15, 0.2) is 0 Å². The summed E-state index contributed by atoms with van der Waals surface area (Å²) in [6, 6.07) is 13.1. The van der Waals surface area contributed by atoms with Gasteiger partial charge in [0.2, 0.25) is 11.8 Å². The van der Waals surface area contributed by atoms with E-state index in [9.17, 15) is 9.90 Å². The number of nitrogens with zero attached hydrogens (tertiary/aromatic N) is 3. The molecule has 1 unspecified atom stereocenters. The summed E-state index contributed by atoms with van der Waals surface area (Å²) >= 11 is 1.29. The molecule has 0 saturated heterocycles. The lowest BCUT2D eigenvalue weighted by molar-refractivity contribution is -0.132. The quantitative estimate of drug-likeness (QED) is 0.499. The average Bonchev–Trinajstić information content (AvgIpc) is 3.51. The highest BCUT2D eigenvalue weighted by Gasteiger charge is 2.30. The SMILES string of the molecule is NC1=C(/C=N/Sc2ccc(OC3CC3)nc2)CN(C(=O)C(CO)c2ccccc2)C1. The number of carbonyl (C=O) groups is 1. The first-order valence-electron chi connectivity index (χ1n) is 9.89. The van der Waals surface area contributed by atoms with Crippen molar-refractivity contribution in [2.45, 2.75) is 29.8 Å². The molecule has 1 aliphatic heterocycles. The standard InChI is InChI=1S/C22H24N4O3S/c23-20-13-26(22(28)19(14-27)15-4-2-1-3-5-15)12-16(20)10-25-30-18-8-9-21(24-11-18)29-17-6-7-17/h1-5,8-11,17,19,27H,6-7,12-14,23H2/b25-10+. The minimum Gasteiger partial charge on any atom is -0.474 e. The van der Waals surface area contributed by atoms with Crippen LogP contribution < -0.4 is 10.5 Å². The Balaban J connectivity index is 1.33. The summed E-state index contributed by atoms with van der Waals surface area (Å²) in [6.45, 7) is 0.472. The molecule has 30 heavy (non-hydrogen) atoms. The number of rotatable bonds is 8. The second kappa shape index (κ2) is 9.32. The number of pyridine rings is 1. The first-order valence-corrected chi connectivity index (χ1v) is 10.7. The van der Waals surface area contributed by atoms with E-state index in [1.165, 1.54) is 11.9 Å². The smallest absolute Gasteiger partial charge is 0.233 e. The second-order valence-electron chi connectivity index (χ2n) is 7.37. The van der Waals surface area contributed by atoms with Crippen molar-refractivity contribution in [2.24, 2.45) is 10.1 Å². The van der Waals surface area contributed by atoms with Crippen LogP contribution in [0, 0.1) is 0 Å². The molecule has 1 aliphatic carbocycles. The fraction of sp³-hybridized carbons (Fsp3) is 0.318. The lowest BCUT2D eigenvalue weighted by atomic mass is 9.98. The van der Waals surface area contributed by atoms with Gasteiger partial charge in [-0.15, -0.1) is 0 Å². The summed E-state index contributed by atoms with van der Waals surface area (Å²) in [6.07, 6.45) is 5.95. The monoisotopic (exact) mass is 424 g/mol. The lowest BCUT2D eigenvalue weighted by Gasteiger charge is -2.22. The van der Waals surface area contributed by atoms with E-state index in [0.717, 1.165) is 28.9 Å². The minimum atomic E-state index is -0.591. The van der Waals surface area contributed by atoms with Crippen molar-refractivity contribution in [3.8, 4) is 5.88 Å². The van der Waals surface area contributed by atoms with Crippen LogP contribution in [0.1, 0.15) is 24.3 Å². The van der Waals surface area contributed by atoms with Gasteiger partial charge in [0.05, 0.1) is 19.1 Å². The Morgan fingerprint density at radius 1 is 1.30 bits per heavy atom. The van der Waals surface area contributed by atoms with Gasteiger partial charge in [-0.25, -0.2) is 9.38 Å². The average molecular weight is 425 g/mol. The molecule has 8 heteroatoms. The Morgan fingerprint density at radius 3 is 2.77 bits per heavy atom. The molecule has 156 valence electrons. The zero-order chi connectivity index (χ0) is 20.9. The number of aliphatic hydroxyl groups excluding tert-OH is 1. The first kappa shape index (κ1) is 20.4. The highest BCUT2D eigenvalue weighted by atomic mass is 32.2. The molecule has 3 N–H and O–H groups in total. The van der Waals surface area contributed by atoms with Crippen LogP contribution in [-0.2, 0) is 4.79 Å². The molecule has 0 spiro atoms. The molecule has 1 aromatic heterocycles. The third kappa shape index (κ3) is 5.01. The van der Waals surface area contributed by atoms with Crippen molar-refractivity contribution in [1.29, 1.82) is 0 Å². The van der Waals surface area contributed by atoms with Crippen molar-refractivity contribution in [1.82, 2.24) is 9.88 Å². The van der Waals surface area contributed by atoms with Gasteiger partial charge in [-0.2, -0.15) is 0 Å². The second-order valence-corrected chi connectivity index (χ2v) is 8.23.